The number of hydrogen-bond donors (Lipinski definition) is 2. The minimum atomic E-state index is -3.60. The summed E-state index contributed by atoms with van der Waals surface area (Å²) in [5.41, 5.74) is 5.95. The molecule has 0 radical (unpaired) electrons. The van der Waals surface area contributed by atoms with Gasteiger partial charge in [-0.05, 0) is 37.5 Å². The smallest absolute Gasteiger partial charge is 0.242 e. The summed E-state index contributed by atoms with van der Waals surface area (Å²) in [6.45, 7) is 0.986. The van der Waals surface area contributed by atoms with E-state index in [4.69, 9.17) is 10.5 Å². The number of rotatable bonds is 4. The second kappa shape index (κ2) is 6.21. The highest BCUT2D eigenvalue weighted by atomic mass is 79.9. The lowest BCUT2D eigenvalue weighted by molar-refractivity contribution is 0.0200. The number of anilines is 1. The Balaban J connectivity index is 2.07. The van der Waals surface area contributed by atoms with Crippen LogP contribution in [-0.4, -0.2) is 27.7 Å². The van der Waals surface area contributed by atoms with Crippen LogP contribution in [0.4, 0.5) is 5.69 Å². The lowest BCUT2D eigenvalue weighted by Crippen LogP contribution is -2.35. The Morgan fingerprint density at radius 3 is 2.89 bits per heavy atom. The number of nitrogen functional groups attached to an aromatic ring is 1. The van der Waals surface area contributed by atoms with Crippen molar-refractivity contribution in [3.05, 3.63) is 22.7 Å². The van der Waals surface area contributed by atoms with Crippen molar-refractivity contribution < 1.29 is 13.2 Å². The Bertz CT molecular complexity index is 542. The van der Waals surface area contributed by atoms with E-state index in [1.807, 2.05) is 0 Å². The molecular formula is C12H17BrN2O3S. The van der Waals surface area contributed by atoms with Crippen LogP contribution in [0.3, 0.4) is 0 Å². The molecule has 1 fully saturated rings. The Labute approximate surface area is 121 Å². The molecule has 1 heterocycles. The van der Waals surface area contributed by atoms with Gasteiger partial charge < -0.3 is 10.5 Å². The van der Waals surface area contributed by atoms with Crippen molar-refractivity contribution in [3.8, 4) is 0 Å². The number of nitrogens with one attached hydrogen (secondary N) is 1. The maximum Gasteiger partial charge on any atom is 0.242 e. The molecule has 19 heavy (non-hydrogen) atoms. The summed E-state index contributed by atoms with van der Waals surface area (Å²) >= 11 is 3.24. The largest absolute Gasteiger partial charge is 0.398 e. The van der Waals surface area contributed by atoms with E-state index in [0.29, 0.717) is 11.1 Å². The minimum absolute atomic E-state index is 0.0445. The van der Waals surface area contributed by atoms with Crippen molar-refractivity contribution in [2.45, 2.75) is 30.3 Å². The summed E-state index contributed by atoms with van der Waals surface area (Å²) in [5, 5.41) is 0. The molecule has 1 saturated heterocycles. The molecule has 7 heteroatoms. The zero-order valence-corrected chi connectivity index (χ0v) is 12.8. The predicted octanol–water partition coefficient (Wildman–Crippen LogP) is 1.88. The van der Waals surface area contributed by atoms with Crippen molar-refractivity contribution in [2.24, 2.45) is 0 Å². The van der Waals surface area contributed by atoms with Gasteiger partial charge >= 0.3 is 0 Å². The van der Waals surface area contributed by atoms with E-state index >= 15 is 0 Å². The van der Waals surface area contributed by atoms with Gasteiger partial charge in [0.05, 0.1) is 11.8 Å². The molecule has 0 saturated carbocycles. The van der Waals surface area contributed by atoms with Gasteiger partial charge in [-0.2, -0.15) is 0 Å². The lowest BCUT2D eigenvalue weighted by Gasteiger charge is -2.22. The average Bonchev–Trinajstić information content (AvgIpc) is 2.40. The second-order valence-electron chi connectivity index (χ2n) is 4.52. The number of benzene rings is 1. The van der Waals surface area contributed by atoms with Crippen LogP contribution in [0.2, 0.25) is 0 Å². The second-order valence-corrected chi connectivity index (χ2v) is 7.17. The predicted molar refractivity (Wildman–Crippen MR) is 77.3 cm³/mol. The van der Waals surface area contributed by atoms with Crippen molar-refractivity contribution >= 4 is 31.6 Å². The van der Waals surface area contributed by atoms with Crippen LogP contribution in [-0.2, 0) is 14.8 Å². The molecule has 0 aliphatic carbocycles. The fourth-order valence-corrected chi connectivity index (χ4v) is 3.72. The molecule has 1 aliphatic rings. The van der Waals surface area contributed by atoms with E-state index in [9.17, 15) is 8.42 Å². The monoisotopic (exact) mass is 348 g/mol. The van der Waals surface area contributed by atoms with Gasteiger partial charge in [0.1, 0.15) is 4.90 Å². The SMILES string of the molecule is Nc1ccc(Br)cc1S(=O)(=O)NCC1CCCCO1. The van der Waals surface area contributed by atoms with Crippen LogP contribution < -0.4 is 10.5 Å². The number of halogens is 1. The first-order chi connectivity index (χ1) is 8.99. The van der Waals surface area contributed by atoms with Gasteiger partial charge in [-0.1, -0.05) is 15.9 Å². The summed E-state index contributed by atoms with van der Waals surface area (Å²) in [6.07, 6.45) is 2.96. The quantitative estimate of drug-likeness (QED) is 0.814. The van der Waals surface area contributed by atoms with E-state index in [1.165, 1.54) is 6.07 Å². The normalized spacial score (nSPS) is 20.4. The summed E-state index contributed by atoms with van der Waals surface area (Å²) in [6, 6.07) is 4.77. The molecule has 5 nitrogen and oxygen atoms in total. The first-order valence-corrected chi connectivity index (χ1v) is 8.43. The van der Waals surface area contributed by atoms with Crippen molar-refractivity contribution in [1.29, 1.82) is 0 Å². The van der Waals surface area contributed by atoms with E-state index in [-0.39, 0.29) is 23.2 Å². The highest BCUT2D eigenvalue weighted by molar-refractivity contribution is 9.10. The maximum atomic E-state index is 12.2. The molecule has 1 unspecified atom stereocenters. The van der Waals surface area contributed by atoms with Gasteiger partial charge in [-0.15, -0.1) is 0 Å². The van der Waals surface area contributed by atoms with Crippen LogP contribution in [0.1, 0.15) is 19.3 Å². The Morgan fingerprint density at radius 1 is 1.42 bits per heavy atom. The van der Waals surface area contributed by atoms with Crippen LogP contribution in [0.15, 0.2) is 27.6 Å². The van der Waals surface area contributed by atoms with Crippen molar-refractivity contribution in [3.63, 3.8) is 0 Å². The van der Waals surface area contributed by atoms with E-state index in [1.54, 1.807) is 12.1 Å². The standard InChI is InChI=1S/C12H17BrN2O3S/c13-9-4-5-11(14)12(7-9)19(16,17)15-8-10-3-1-2-6-18-10/h4-5,7,10,15H,1-3,6,8,14H2. The van der Waals surface area contributed by atoms with Crippen LogP contribution >= 0.6 is 15.9 Å². The molecule has 2 rings (SSSR count). The van der Waals surface area contributed by atoms with E-state index in [0.717, 1.165) is 19.3 Å². The maximum absolute atomic E-state index is 12.2. The first-order valence-electron chi connectivity index (χ1n) is 6.15. The molecular weight excluding hydrogens is 332 g/mol. The fraction of sp³-hybridized carbons (Fsp3) is 0.500. The van der Waals surface area contributed by atoms with Crippen molar-refractivity contribution in [2.75, 3.05) is 18.9 Å². The molecule has 1 aromatic rings. The van der Waals surface area contributed by atoms with E-state index in [2.05, 4.69) is 20.7 Å². The third-order valence-corrected chi connectivity index (χ3v) is 5.01. The molecule has 1 aromatic carbocycles. The number of hydrogen-bond acceptors (Lipinski definition) is 4. The van der Waals surface area contributed by atoms with Gasteiger partial charge in [-0.3, -0.25) is 0 Å². The topological polar surface area (TPSA) is 81.4 Å². The van der Waals surface area contributed by atoms with Gasteiger partial charge in [0.25, 0.3) is 0 Å². The van der Waals surface area contributed by atoms with Crippen LogP contribution in [0.5, 0.6) is 0 Å². The highest BCUT2D eigenvalue weighted by Crippen LogP contribution is 2.23. The molecule has 1 aliphatic heterocycles. The zero-order valence-electron chi connectivity index (χ0n) is 10.4. The summed E-state index contributed by atoms with van der Waals surface area (Å²) < 4.78 is 33.1. The summed E-state index contributed by atoms with van der Waals surface area (Å²) in [5.74, 6) is 0. The summed E-state index contributed by atoms with van der Waals surface area (Å²) in [4.78, 5) is 0.0951. The minimum Gasteiger partial charge on any atom is -0.398 e. The lowest BCUT2D eigenvalue weighted by atomic mass is 10.1. The Kier molecular flexibility index (Phi) is 4.83. The molecule has 0 amide bonds. The van der Waals surface area contributed by atoms with Gasteiger partial charge in [0.2, 0.25) is 10.0 Å². The molecule has 0 aromatic heterocycles. The molecule has 1 atom stereocenters. The number of nitrogens with two attached hydrogens (primary N) is 1. The molecule has 106 valence electrons. The molecule has 0 bridgehead atoms. The Morgan fingerprint density at radius 2 is 2.21 bits per heavy atom. The highest BCUT2D eigenvalue weighted by Gasteiger charge is 2.21. The summed E-state index contributed by atoms with van der Waals surface area (Å²) in [7, 11) is -3.60. The first kappa shape index (κ1) is 14.8. The van der Waals surface area contributed by atoms with Crippen LogP contribution in [0, 0.1) is 0 Å². The van der Waals surface area contributed by atoms with E-state index < -0.39 is 10.0 Å². The average molecular weight is 349 g/mol. The third kappa shape index (κ3) is 3.92. The zero-order chi connectivity index (χ0) is 13.9. The number of sulfonamides is 1. The molecule has 0 spiro atoms. The van der Waals surface area contributed by atoms with Gasteiger partial charge in [0, 0.05) is 17.6 Å². The number of ether oxygens (including phenoxy) is 1. The van der Waals surface area contributed by atoms with Gasteiger partial charge in [-0.25, -0.2) is 13.1 Å². The van der Waals surface area contributed by atoms with Gasteiger partial charge in [0.15, 0.2) is 0 Å². The Hall–Kier alpha value is -0.630. The third-order valence-electron chi connectivity index (χ3n) is 3.04. The van der Waals surface area contributed by atoms with Crippen LogP contribution in [0.25, 0.3) is 0 Å². The fourth-order valence-electron chi connectivity index (χ4n) is 1.99. The molecule has 3 N–H and O–H groups in total. The van der Waals surface area contributed by atoms with Crippen molar-refractivity contribution in [1.82, 2.24) is 4.72 Å².